The van der Waals surface area contributed by atoms with Crippen molar-refractivity contribution in [3.63, 3.8) is 0 Å². The third-order valence-electron chi connectivity index (χ3n) is 2.60. The van der Waals surface area contributed by atoms with E-state index in [1.807, 2.05) is 12.3 Å². The summed E-state index contributed by atoms with van der Waals surface area (Å²) in [6.45, 7) is 2.42. The van der Waals surface area contributed by atoms with E-state index in [4.69, 9.17) is 5.11 Å². The Balaban J connectivity index is 2.25. The van der Waals surface area contributed by atoms with Crippen molar-refractivity contribution in [2.75, 3.05) is 6.54 Å². The molecule has 0 radical (unpaired) electrons. The number of rotatable bonds is 8. The fraction of sp³-hybridized carbons (Fsp3) is 0.583. The van der Waals surface area contributed by atoms with Crippen LogP contribution in [0.15, 0.2) is 10.9 Å². The van der Waals surface area contributed by atoms with Gasteiger partial charge in [-0.1, -0.05) is 19.8 Å². The van der Waals surface area contributed by atoms with Gasteiger partial charge in [0.05, 0.1) is 11.2 Å². The van der Waals surface area contributed by atoms with Crippen LogP contribution >= 0.6 is 11.3 Å². The van der Waals surface area contributed by atoms with Crippen molar-refractivity contribution >= 4 is 23.3 Å². The zero-order chi connectivity index (χ0) is 14.1. The third kappa shape index (κ3) is 6.19. The smallest absolute Gasteiger partial charge is 0.326 e. The number of carboxylic acid groups (broad SMARTS) is 1. The number of aliphatic carboxylic acids is 1. The van der Waals surface area contributed by atoms with E-state index in [-0.39, 0.29) is 0 Å². The maximum Gasteiger partial charge on any atom is 0.326 e. The van der Waals surface area contributed by atoms with Crippen LogP contribution in [0.4, 0.5) is 4.79 Å². The summed E-state index contributed by atoms with van der Waals surface area (Å²) in [6.07, 6.45) is 2.77. The van der Waals surface area contributed by atoms with Crippen LogP contribution < -0.4 is 10.6 Å². The lowest BCUT2D eigenvalue weighted by molar-refractivity contribution is -0.139. The van der Waals surface area contributed by atoms with Crippen molar-refractivity contribution in [2.45, 2.75) is 38.6 Å². The molecule has 19 heavy (non-hydrogen) atoms. The van der Waals surface area contributed by atoms with Gasteiger partial charge < -0.3 is 15.7 Å². The fourth-order valence-corrected chi connectivity index (χ4v) is 2.13. The molecule has 0 bridgehead atoms. The predicted molar refractivity (Wildman–Crippen MR) is 73.3 cm³/mol. The van der Waals surface area contributed by atoms with E-state index in [0.29, 0.717) is 19.4 Å². The number of unbranched alkanes of at least 4 members (excludes halogenated alkanes) is 1. The number of urea groups is 1. The SMILES string of the molecule is CCCC[C@H](NC(=O)NCCc1cscn1)C(=O)O. The van der Waals surface area contributed by atoms with Gasteiger partial charge in [0, 0.05) is 18.3 Å². The van der Waals surface area contributed by atoms with E-state index in [1.54, 1.807) is 5.51 Å². The molecular formula is C12H19N3O3S. The molecule has 0 aliphatic rings. The zero-order valence-corrected chi connectivity index (χ0v) is 11.7. The molecule has 106 valence electrons. The number of carbonyl (C=O) groups excluding carboxylic acids is 1. The standard InChI is InChI=1S/C12H19N3O3S/c1-2-3-4-10(11(16)17)15-12(18)13-6-5-9-7-19-8-14-9/h7-8,10H,2-6H2,1H3,(H,16,17)(H2,13,15,18)/t10-/m0/s1. The second kappa shape index (κ2) is 8.47. The number of nitrogens with one attached hydrogen (secondary N) is 2. The van der Waals surface area contributed by atoms with Crippen molar-refractivity contribution in [3.8, 4) is 0 Å². The first-order valence-corrected chi connectivity index (χ1v) is 7.22. The number of hydrogen-bond donors (Lipinski definition) is 3. The molecule has 0 aliphatic heterocycles. The second-order valence-electron chi connectivity index (χ2n) is 4.16. The molecule has 7 heteroatoms. The minimum Gasteiger partial charge on any atom is -0.480 e. The summed E-state index contributed by atoms with van der Waals surface area (Å²) < 4.78 is 0. The van der Waals surface area contributed by atoms with E-state index in [9.17, 15) is 9.59 Å². The predicted octanol–water partition coefficient (Wildman–Crippen LogP) is 1.63. The number of aromatic nitrogens is 1. The summed E-state index contributed by atoms with van der Waals surface area (Å²) in [7, 11) is 0. The monoisotopic (exact) mass is 285 g/mol. The zero-order valence-electron chi connectivity index (χ0n) is 10.9. The number of hydrogen-bond acceptors (Lipinski definition) is 4. The van der Waals surface area contributed by atoms with Gasteiger partial charge in [-0.3, -0.25) is 0 Å². The molecule has 6 nitrogen and oxygen atoms in total. The molecule has 1 aromatic rings. The Hall–Kier alpha value is -1.63. The van der Waals surface area contributed by atoms with E-state index in [0.717, 1.165) is 18.5 Å². The first kappa shape index (κ1) is 15.4. The number of carbonyl (C=O) groups is 2. The van der Waals surface area contributed by atoms with E-state index in [2.05, 4.69) is 15.6 Å². The molecule has 0 saturated carbocycles. The highest BCUT2D eigenvalue weighted by Gasteiger charge is 2.18. The second-order valence-corrected chi connectivity index (χ2v) is 4.88. The lowest BCUT2D eigenvalue weighted by atomic mass is 10.1. The van der Waals surface area contributed by atoms with Gasteiger partial charge in [-0.2, -0.15) is 0 Å². The minimum absolute atomic E-state index is 0.440. The van der Waals surface area contributed by atoms with E-state index < -0.39 is 18.0 Å². The number of nitrogens with zero attached hydrogens (tertiary/aromatic N) is 1. The topological polar surface area (TPSA) is 91.3 Å². The van der Waals surface area contributed by atoms with Crippen molar-refractivity contribution in [3.05, 3.63) is 16.6 Å². The van der Waals surface area contributed by atoms with Crippen LogP contribution in [0.1, 0.15) is 31.9 Å². The molecule has 0 unspecified atom stereocenters. The highest BCUT2D eigenvalue weighted by Crippen LogP contribution is 2.02. The molecule has 1 heterocycles. The van der Waals surface area contributed by atoms with Crippen LogP contribution in [0.25, 0.3) is 0 Å². The minimum atomic E-state index is -0.997. The van der Waals surface area contributed by atoms with Crippen LogP contribution in [0, 0.1) is 0 Å². The molecule has 3 N–H and O–H groups in total. The Labute approximate surface area is 116 Å². The average Bonchev–Trinajstić information content (AvgIpc) is 2.87. The molecule has 2 amide bonds. The van der Waals surface area contributed by atoms with E-state index >= 15 is 0 Å². The normalized spacial score (nSPS) is 11.8. The van der Waals surface area contributed by atoms with E-state index in [1.165, 1.54) is 11.3 Å². The average molecular weight is 285 g/mol. The lowest BCUT2D eigenvalue weighted by Crippen LogP contribution is -2.46. The van der Waals surface area contributed by atoms with Crippen LogP contribution in [0.3, 0.4) is 0 Å². The summed E-state index contributed by atoms with van der Waals surface area (Å²) in [5, 5.41) is 16.0. The Kier molecular flexibility index (Phi) is 6.88. The maximum absolute atomic E-state index is 11.5. The van der Waals surface area contributed by atoms with Gasteiger partial charge in [0.25, 0.3) is 0 Å². The van der Waals surface area contributed by atoms with Gasteiger partial charge >= 0.3 is 12.0 Å². The van der Waals surface area contributed by atoms with Gasteiger partial charge in [-0.25, -0.2) is 14.6 Å². The summed E-state index contributed by atoms with van der Waals surface area (Å²) in [6, 6.07) is -1.27. The molecule has 0 spiro atoms. The highest BCUT2D eigenvalue weighted by molar-refractivity contribution is 7.07. The molecule has 1 rings (SSSR count). The van der Waals surface area contributed by atoms with Crippen LogP contribution in [-0.2, 0) is 11.2 Å². The summed E-state index contributed by atoms with van der Waals surface area (Å²) in [4.78, 5) is 26.6. The summed E-state index contributed by atoms with van der Waals surface area (Å²) >= 11 is 1.50. The molecule has 1 atom stereocenters. The first-order chi connectivity index (χ1) is 9.13. The quantitative estimate of drug-likeness (QED) is 0.677. The largest absolute Gasteiger partial charge is 0.480 e. The van der Waals surface area contributed by atoms with Crippen molar-refractivity contribution < 1.29 is 14.7 Å². The van der Waals surface area contributed by atoms with Gasteiger partial charge in [0.2, 0.25) is 0 Å². The fourth-order valence-electron chi connectivity index (χ4n) is 1.54. The number of amides is 2. The molecule has 0 aromatic carbocycles. The van der Waals surface area contributed by atoms with Gasteiger partial charge in [0.1, 0.15) is 6.04 Å². The Morgan fingerprint density at radius 1 is 1.53 bits per heavy atom. The van der Waals surface area contributed by atoms with Gasteiger partial charge in [-0.15, -0.1) is 11.3 Å². The molecule has 0 aliphatic carbocycles. The molecule has 1 aromatic heterocycles. The van der Waals surface area contributed by atoms with Gasteiger partial charge in [-0.05, 0) is 6.42 Å². The van der Waals surface area contributed by atoms with Gasteiger partial charge in [0.15, 0.2) is 0 Å². The Morgan fingerprint density at radius 3 is 2.89 bits per heavy atom. The van der Waals surface area contributed by atoms with Crippen LogP contribution in [-0.4, -0.2) is 34.7 Å². The Morgan fingerprint density at radius 2 is 2.32 bits per heavy atom. The van der Waals surface area contributed by atoms with Crippen LogP contribution in [0.2, 0.25) is 0 Å². The Bertz CT molecular complexity index is 395. The molecule has 0 fully saturated rings. The summed E-state index contributed by atoms with van der Waals surface area (Å²) in [5.74, 6) is -0.997. The van der Waals surface area contributed by atoms with Crippen molar-refractivity contribution in [2.24, 2.45) is 0 Å². The summed E-state index contributed by atoms with van der Waals surface area (Å²) in [5.41, 5.74) is 2.66. The highest BCUT2D eigenvalue weighted by atomic mass is 32.1. The van der Waals surface area contributed by atoms with Crippen molar-refractivity contribution in [1.82, 2.24) is 15.6 Å². The van der Waals surface area contributed by atoms with Crippen LogP contribution in [0.5, 0.6) is 0 Å². The van der Waals surface area contributed by atoms with Crippen molar-refractivity contribution in [1.29, 1.82) is 0 Å². The number of carboxylic acids is 1. The lowest BCUT2D eigenvalue weighted by Gasteiger charge is -2.14. The molecular weight excluding hydrogens is 266 g/mol. The maximum atomic E-state index is 11.5. The molecule has 0 saturated heterocycles. The third-order valence-corrected chi connectivity index (χ3v) is 3.24. The number of thiazole rings is 1. The first-order valence-electron chi connectivity index (χ1n) is 6.27.